The molecule has 0 atom stereocenters. The van der Waals surface area contributed by atoms with Gasteiger partial charge in [0.2, 0.25) is 0 Å². The monoisotopic (exact) mass is 364 g/mol. The molecule has 0 aliphatic heterocycles. The lowest BCUT2D eigenvalue weighted by atomic mass is 9.87. The third-order valence-electron chi connectivity index (χ3n) is 4.61. The molecule has 0 unspecified atom stereocenters. The normalized spacial score (nSPS) is 14.0. The lowest BCUT2D eigenvalue weighted by Gasteiger charge is -2.20. The number of allylic oxidation sites excluding steroid dienone is 2. The predicted molar refractivity (Wildman–Crippen MR) is 93.5 cm³/mol. The Hall–Kier alpha value is -2.30. The van der Waals surface area contributed by atoms with Crippen LogP contribution in [0.4, 0.5) is 17.6 Å². The minimum absolute atomic E-state index is 0.253. The third-order valence-corrected chi connectivity index (χ3v) is 4.61. The van der Waals surface area contributed by atoms with E-state index in [0.29, 0.717) is 12.0 Å². The van der Waals surface area contributed by atoms with E-state index in [2.05, 4.69) is 35.9 Å². The van der Waals surface area contributed by atoms with Crippen LogP contribution in [0.15, 0.2) is 42.5 Å². The molecule has 2 aromatic carbocycles. The van der Waals surface area contributed by atoms with Gasteiger partial charge in [-0.25, -0.2) is 4.39 Å². The number of fused-ring (bicyclic) bond motifs is 1. The van der Waals surface area contributed by atoms with Crippen LogP contribution in [0.1, 0.15) is 42.0 Å². The third kappa shape index (κ3) is 4.26. The van der Waals surface area contributed by atoms with Gasteiger partial charge in [0.15, 0.2) is 11.6 Å². The second-order valence-electron chi connectivity index (χ2n) is 6.47. The van der Waals surface area contributed by atoms with Crippen LogP contribution in [0, 0.1) is 5.82 Å². The zero-order valence-electron chi connectivity index (χ0n) is 14.5. The summed E-state index contributed by atoms with van der Waals surface area (Å²) in [6.45, 7) is 2.16. The maximum atomic E-state index is 14.3. The standard InChI is InChI=1S/C21H20F4O/c1-2-3-4-14-5-7-15(8-6-14)16-9-11-18-17(13-16)10-12-19(20(18)22)26-21(23,24)25/h5-10,12H,2-4,11,13H2,1H3. The molecule has 26 heavy (non-hydrogen) atoms. The van der Waals surface area contributed by atoms with Crippen LogP contribution in [-0.4, -0.2) is 6.36 Å². The van der Waals surface area contributed by atoms with E-state index >= 15 is 0 Å². The Morgan fingerprint density at radius 1 is 1.04 bits per heavy atom. The molecule has 1 nitrogen and oxygen atoms in total. The van der Waals surface area contributed by atoms with Crippen molar-refractivity contribution in [2.75, 3.05) is 0 Å². The van der Waals surface area contributed by atoms with Gasteiger partial charge >= 0.3 is 6.36 Å². The molecule has 1 aliphatic carbocycles. The molecule has 0 bridgehead atoms. The summed E-state index contributed by atoms with van der Waals surface area (Å²) in [5.41, 5.74) is 4.38. The summed E-state index contributed by atoms with van der Waals surface area (Å²) in [5, 5.41) is 0. The maximum absolute atomic E-state index is 14.3. The number of hydrogen-bond donors (Lipinski definition) is 0. The second-order valence-corrected chi connectivity index (χ2v) is 6.47. The zero-order chi connectivity index (χ0) is 18.7. The number of halogens is 4. The van der Waals surface area contributed by atoms with Crippen LogP contribution in [0.2, 0.25) is 0 Å². The Morgan fingerprint density at radius 2 is 1.77 bits per heavy atom. The molecule has 0 heterocycles. The van der Waals surface area contributed by atoms with Gasteiger partial charge in [-0.05, 0) is 59.6 Å². The molecular formula is C21H20F4O. The van der Waals surface area contributed by atoms with Crippen LogP contribution in [0.3, 0.4) is 0 Å². The molecule has 0 N–H and O–H groups in total. The SMILES string of the molecule is CCCCc1ccc(C2=CCc3c(ccc(OC(F)(F)F)c3F)C2)cc1. The number of hydrogen-bond acceptors (Lipinski definition) is 1. The molecule has 0 aromatic heterocycles. The largest absolute Gasteiger partial charge is 0.573 e. The van der Waals surface area contributed by atoms with Crippen LogP contribution in [0.25, 0.3) is 5.57 Å². The molecule has 1 aliphatic rings. The topological polar surface area (TPSA) is 9.23 Å². The molecule has 5 heteroatoms. The van der Waals surface area contributed by atoms with Crippen molar-refractivity contribution in [3.8, 4) is 5.75 Å². The number of unbranched alkanes of at least 4 members (excludes halogenated alkanes) is 1. The minimum Gasteiger partial charge on any atom is -0.403 e. The van der Waals surface area contributed by atoms with Crippen LogP contribution >= 0.6 is 0 Å². The van der Waals surface area contributed by atoms with E-state index in [4.69, 9.17) is 0 Å². The smallest absolute Gasteiger partial charge is 0.403 e. The minimum atomic E-state index is -4.90. The molecule has 3 rings (SSSR count). The van der Waals surface area contributed by atoms with Gasteiger partial charge in [0.1, 0.15) is 0 Å². The first-order valence-corrected chi connectivity index (χ1v) is 8.71. The zero-order valence-corrected chi connectivity index (χ0v) is 14.5. The van der Waals surface area contributed by atoms with Gasteiger partial charge in [0, 0.05) is 0 Å². The van der Waals surface area contributed by atoms with Gasteiger partial charge in [-0.1, -0.05) is 49.8 Å². The molecule has 0 saturated carbocycles. The lowest BCUT2D eigenvalue weighted by Crippen LogP contribution is -2.19. The molecule has 2 aromatic rings. The van der Waals surface area contributed by atoms with Crippen molar-refractivity contribution in [2.24, 2.45) is 0 Å². The Bertz CT molecular complexity index is 804. The van der Waals surface area contributed by atoms with E-state index in [0.717, 1.165) is 36.5 Å². The van der Waals surface area contributed by atoms with Crippen molar-refractivity contribution in [3.05, 3.63) is 70.5 Å². The van der Waals surface area contributed by atoms with E-state index in [1.54, 1.807) is 0 Å². The van der Waals surface area contributed by atoms with E-state index in [1.807, 2.05) is 6.08 Å². The van der Waals surface area contributed by atoms with Crippen LogP contribution in [0.5, 0.6) is 5.75 Å². The van der Waals surface area contributed by atoms with Gasteiger partial charge < -0.3 is 4.74 Å². The van der Waals surface area contributed by atoms with Crippen molar-refractivity contribution in [1.29, 1.82) is 0 Å². The Kier molecular flexibility index (Phi) is 5.35. The summed E-state index contributed by atoms with van der Waals surface area (Å²) >= 11 is 0. The summed E-state index contributed by atoms with van der Waals surface area (Å²) in [4.78, 5) is 0. The molecule has 0 fully saturated rings. The van der Waals surface area contributed by atoms with Crippen molar-refractivity contribution in [3.63, 3.8) is 0 Å². The van der Waals surface area contributed by atoms with Crippen LogP contribution in [-0.2, 0) is 19.3 Å². The molecule has 0 amide bonds. The first kappa shape index (κ1) is 18.5. The maximum Gasteiger partial charge on any atom is 0.573 e. The highest BCUT2D eigenvalue weighted by Gasteiger charge is 2.33. The summed E-state index contributed by atoms with van der Waals surface area (Å²) in [5.74, 6) is -1.70. The Labute approximate surface area is 150 Å². The first-order chi connectivity index (χ1) is 12.4. The quantitative estimate of drug-likeness (QED) is 0.570. The van der Waals surface area contributed by atoms with Gasteiger partial charge in [-0.2, -0.15) is 0 Å². The summed E-state index contributed by atoms with van der Waals surface area (Å²) in [6.07, 6.45) is 1.07. The number of benzene rings is 2. The van der Waals surface area contributed by atoms with Crippen molar-refractivity contribution < 1.29 is 22.3 Å². The highest BCUT2D eigenvalue weighted by molar-refractivity contribution is 5.71. The molecule has 0 radical (unpaired) electrons. The van der Waals surface area contributed by atoms with E-state index in [-0.39, 0.29) is 12.0 Å². The first-order valence-electron chi connectivity index (χ1n) is 8.71. The molecule has 0 spiro atoms. The van der Waals surface area contributed by atoms with Gasteiger partial charge in [0.05, 0.1) is 0 Å². The summed E-state index contributed by atoms with van der Waals surface area (Å²) in [6, 6.07) is 10.9. The fourth-order valence-electron chi connectivity index (χ4n) is 3.22. The fourth-order valence-corrected chi connectivity index (χ4v) is 3.22. The molecule has 0 saturated heterocycles. The van der Waals surface area contributed by atoms with E-state index < -0.39 is 17.9 Å². The van der Waals surface area contributed by atoms with Crippen LogP contribution < -0.4 is 4.74 Å². The number of aryl methyl sites for hydroxylation is 1. The summed E-state index contributed by atoms with van der Waals surface area (Å²) in [7, 11) is 0. The Balaban J connectivity index is 1.78. The van der Waals surface area contributed by atoms with E-state index in [1.165, 1.54) is 11.6 Å². The number of rotatable bonds is 5. The predicted octanol–water partition coefficient (Wildman–Crippen LogP) is 6.25. The Morgan fingerprint density at radius 3 is 2.42 bits per heavy atom. The molecule has 138 valence electrons. The molecular weight excluding hydrogens is 344 g/mol. The highest BCUT2D eigenvalue weighted by Crippen LogP contribution is 2.34. The second kappa shape index (κ2) is 7.52. The van der Waals surface area contributed by atoms with Crippen molar-refractivity contribution in [1.82, 2.24) is 0 Å². The highest BCUT2D eigenvalue weighted by atomic mass is 19.4. The number of ether oxygens (including phenoxy) is 1. The average Bonchev–Trinajstić information content (AvgIpc) is 2.61. The fraction of sp³-hybridized carbons (Fsp3) is 0.333. The van der Waals surface area contributed by atoms with Gasteiger partial charge in [-0.15, -0.1) is 13.2 Å². The van der Waals surface area contributed by atoms with Gasteiger partial charge in [0.25, 0.3) is 0 Å². The lowest BCUT2D eigenvalue weighted by molar-refractivity contribution is -0.275. The number of alkyl halides is 3. The van der Waals surface area contributed by atoms with E-state index in [9.17, 15) is 17.6 Å². The van der Waals surface area contributed by atoms with Crippen molar-refractivity contribution >= 4 is 5.57 Å². The summed E-state index contributed by atoms with van der Waals surface area (Å²) < 4.78 is 55.1. The van der Waals surface area contributed by atoms with Crippen molar-refractivity contribution in [2.45, 2.75) is 45.4 Å². The average molecular weight is 364 g/mol. The van der Waals surface area contributed by atoms with Gasteiger partial charge in [-0.3, -0.25) is 0 Å².